The second-order valence-electron chi connectivity index (χ2n) is 1.28. The molecule has 0 aliphatic rings. The molecule has 0 amide bonds. The van der Waals surface area contributed by atoms with Crippen LogP contribution in [0.1, 0.15) is 0 Å². The van der Waals surface area contributed by atoms with Crippen LogP contribution in [0.25, 0.3) is 0 Å². The van der Waals surface area contributed by atoms with Gasteiger partial charge in [0.15, 0.2) is 6.19 Å². The van der Waals surface area contributed by atoms with Crippen LogP contribution in [0.4, 0.5) is 0 Å². The van der Waals surface area contributed by atoms with Crippen molar-refractivity contribution < 1.29 is 0 Å². The van der Waals surface area contributed by atoms with E-state index in [0.717, 1.165) is 4.90 Å². The second kappa shape index (κ2) is 3.34. The molecule has 0 bridgehead atoms. The number of guanidine groups is 1. The summed E-state index contributed by atoms with van der Waals surface area (Å²) < 4.78 is 0. The van der Waals surface area contributed by atoms with Gasteiger partial charge in [-0.2, -0.15) is 5.26 Å². The van der Waals surface area contributed by atoms with Gasteiger partial charge in [-0.05, 0) is 0 Å². The first-order valence-corrected chi connectivity index (χ1v) is 2.17. The van der Waals surface area contributed by atoms with Gasteiger partial charge in [-0.1, -0.05) is 5.92 Å². The summed E-state index contributed by atoms with van der Waals surface area (Å²) in [5.74, 6) is 1.86. The molecule has 9 heavy (non-hydrogen) atoms. The van der Waals surface area contributed by atoms with Crippen LogP contribution in [0.2, 0.25) is 0 Å². The molecular weight excluding hydrogens is 116 g/mol. The molecule has 4 nitrogen and oxygen atoms in total. The van der Waals surface area contributed by atoms with Gasteiger partial charge in [0, 0.05) is 0 Å². The minimum atomic E-state index is -0.324. The van der Waals surface area contributed by atoms with Crippen LogP contribution in [-0.2, 0) is 0 Å². The van der Waals surface area contributed by atoms with Crippen molar-refractivity contribution in [3.05, 3.63) is 0 Å². The molecule has 0 aliphatic heterocycles. The number of nitrogens with zero attached hydrogens (tertiary/aromatic N) is 2. The Labute approximate surface area is 53.4 Å². The normalized spacial score (nSPS) is 6.89. The maximum Gasteiger partial charge on any atom is 0.202 e. The van der Waals surface area contributed by atoms with Crippen molar-refractivity contribution in [1.82, 2.24) is 4.90 Å². The van der Waals surface area contributed by atoms with Crippen LogP contribution in [0.3, 0.4) is 0 Å². The van der Waals surface area contributed by atoms with Crippen LogP contribution < -0.4 is 5.73 Å². The first kappa shape index (κ1) is 7.32. The molecule has 0 aromatic heterocycles. The smallest absolute Gasteiger partial charge is 0.202 e. The van der Waals surface area contributed by atoms with E-state index in [1.807, 2.05) is 0 Å². The number of nitrogens with two attached hydrogens (primary N) is 1. The zero-order valence-corrected chi connectivity index (χ0v) is 4.76. The van der Waals surface area contributed by atoms with Crippen molar-refractivity contribution in [2.75, 3.05) is 6.54 Å². The molecule has 0 spiro atoms. The Morgan fingerprint density at radius 1 is 1.89 bits per heavy atom. The molecule has 0 aromatic rings. The van der Waals surface area contributed by atoms with Gasteiger partial charge in [0.2, 0.25) is 5.96 Å². The van der Waals surface area contributed by atoms with Crippen LogP contribution in [0.5, 0.6) is 0 Å². The standard InChI is InChI=1S/C5H6N4/c1-2-3-9(4-6)5(7)8/h1H,3H2,(H3,7,8). The Bertz CT molecular complexity index is 182. The molecule has 0 aliphatic carbocycles. The van der Waals surface area contributed by atoms with E-state index in [4.69, 9.17) is 22.8 Å². The third kappa shape index (κ3) is 2.20. The van der Waals surface area contributed by atoms with Gasteiger partial charge in [-0.15, -0.1) is 6.42 Å². The minimum Gasteiger partial charge on any atom is -0.369 e. The summed E-state index contributed by atoms with van der Waals surface area (Å²) >= 11 is 0. The van der Waals surface area contributed by atoms with Crippen LogP contribution >= 0.6 is 0 Å². The van der Waals surface area contributed by atoms with Crippen molar-refractivity contribution in [2.45, 2.75) is 0 Å². The number of hydrogen-bond acceptors (Lipinski definition) is 2. The Kier molecular flexibility index (Phi) is 2.72. The average Bonchev–Trinajstić information content (AvgIpc) is 1.82. The summed E-state index contributed by atoms with van der Waals surface area (Å²) in [6.07, 6.45) is 6.49. The number of hydrogen-bond donors (Lipinski definition) is 2. The molecule has 46 valence electrons. The summed E-state index contributed by atoms with van der Waals surface area (Å²) in [6, 6.07) is 0. The average molecular weight is 122 g/mol. The second-order valence-corrected chi connectivity index (χ2v) is 1.28. The van der Waals surface area contributed by atoms with Crippen LogP contribution in [0, 0.1) is 29.2 Å². The lowest BCUT2D eigenvalue weighted by Crippen LogP contribution is -2.32. The first-order chi connectivity index (χ1) is 4.22. The van der Waals surface area contributed by atoms with Crippen molar-refractivity contribution >= 4 is 5.96 Å². The van der Waals surface area contributed by atoms with E-state index in [0.29, 0.717) is 0 Å². The summed E-state index contributed by atoms with van der Waals surface area (Å²) in [6.45, 7) is 0.0613. The fourth-order valence-corrected chi connectivity index (χ4v) is 0.266. The van der Waals surface area contributed by atoms with Crippen LogP contribution in [0.15, 0.2) is 0 Å². The van der Waals surface area contributed by atoms with Gasteiger partial charge in [-0.3, -0.25) is 5.41 Å². The maximum absolute atomic E-state index is 8.19. The molecule has 0 radical (unpaired) electrons. The zero-order chi connectivity index (χ0) is 7.28. The van der Waals surface area contributed by atoms with E-state index in [9.17, 15) is 0 Å². The van der Waals surface area contributed by atoms with Gasteiger partial charge < -0.3 is 5.73 Å². The van der Waals surface area contributed by atoms with E-state index in [2.05, 4.69) is 5.92 Å². The largest absolute Gasteiger partial charge is 0.369 e. The molecule has 4 heteroatoms. The molecule has 0 heterocycles. The topological polar surface area (TPSA) is 76.9 Å². The van der Waals surface area contributed by atoms with Crippen LogP contribution in [-0.4, -0.2) is 17.4 Å². The Balaban J connectivity index is 3.91. The van der Waals surface area contributed by atoms with Crippen molar-refractivity contribution in [2.24, 2.45) is 5.73 Å². The summed E-state index contributed by atoms with van der Waals surface area (Å²) in [4.78, 5) is 0.903. The molecule has 3 N–H and O–H groups in total. The highest BCUT2D eigenvalue weighted by molar-refractivity contribution is 5.76. The predicted molar refractivity (Wildman–Crippen MR) is 33.1 cm³/mol. The SMILES string of the molecule is C#CCN(C#N)C(=N)N. The lowest BCUT2D eigenvalue weighted by molar-refractivity contribution is 0.640. The Morgan fingerprint density at radius 3 is 2.56 bits per heavy atom. The van der Waals surface area contributed by atoms with Gasteiger partial charge >= 0.3 is 0 Å². The highest BCUT2D eigenvalue weighted by atomic mass is 15.2. The molecule has 0 rings (SSSR count). The summed E-state index contributed by atoms with van der Waals surface area (Å²) in [5.41, 5.74) is 4.92. The molecule has 0 saturated heterocycles. The van der Waals surface area contributed by atoms with Crippen molar-refractivity contribution in [1.29, 1.82) is 10.7 Å². The highest BCUT2D eigenvalue weighted by Gasteiger charge is 1.99. The summed E-state index contributed by atoms with van der Waals surface area (Å²) in [5, 5.41) is 14.9. The van der Waals surface area contributed by atoms with Gasteiger partial charge in [0.25, 0.3) is 0 Å². The lowest BCUT2D eigenvalue weighted by atomic mass is 10.6. The lowest BCUT2D eigenvalue weighted by Gasteiger charge is -2.06. The van der Waals surface area contributed by atoms with Gasteiger partial charge in [-0.25, -0.2) is 4.90 Å². The number of rotatable bonds is 1. The summed E-state index contributed by atoms with van der Waals surface area (Å²) in [7, 11) is 0. The molecule has 0 fully saturated rings. The van der Waals surface area contributed by atoms with E-state index >= 15 is 0 Å². The Morgan fingerprint density at radius 2 is 2.44 bits per heavy atom. The minimum absolute atomic E-state index is 0.0613. The predicted octanol–water partition coefficient (Wildman–Crippen LogP) is -0.704. The van der Waals surface area contributed by atoms with Gasteiger partial charge in [0.05, 0.1) is 6.54 Å². The van der Waals surface area contributed by atoms with E-state index in [1.54, 1.807) is 6.19 Å². The molecule has 0 atom stereocenters. The maximum atomic E-state index is 8.19. The molecule has 0 aromatic carbocycles. The fourth-order valence-electron chi connectivity index (χ4n) is 0.266. The van der Waals surface area contributed by atoms with Crippen molar-refractivity contribution in [3.63, 3.8) is 0 Å². The zero-order valence-electron chi connectivity index (χ0n) is 4.76. The number of nitrogens with one attached hydrogen (secondary N) is 1. The third-order valence-electron chi connectivity index (χ3n) is 0.661. The molecule has 0 unspecified atom stereocenters. The Hall–Kier alpha value is -1.68. The van der Waals surface area contributed by atoms with E-state index in [1.165, 1.54) is 0 Å². The van der Waals surface area contributed by atoms with E-state index in [-0.39, 0.29) is 12.5 Å². The third-order valence-corrected chi connectivity index (χ3v) is 0.661. The monoisotopic (exact) mass is 122 g/mol. The van der Waals surface area contributed by atoms with E-state index < -0.39 is 0 Å². The quantitative estimate of drug-likeness (QED) is 0.159. The molecule has 0 saturated carbocycles. The number of terminal acetylenes is 1. The fraction of sp³-hybridized carbons (Fsp3) is 0.200. The first-order valence-electron chi connectivity index (χ1n) is 2.17. The van der Waals surface area contributed by atoms with Crippen molar-refractivity contribution in [3.8, 4) is 18.5 Å². The number of nitriles is 1. The molecular formula is C5H6N4. The highest BCUT2D eigenvalue weighted by Crippen LogP contribution is 1.78. The van der Waals surface area contributed by atoms with Gasteiger partial charge in [0.1, 0.15) is 0 Å².